The number of hydrogen-bond acceptors (Lipinski definition) is 2. The van der Waals surface area contributed by atoms with Crippen molar-refractivity contribution in [1.29, 1.82) is 0 Å². The topological polar surface area (TPSA) is 33.1 Å². The van der Waals surface area contributed by atoms with Gasteiger partial charge in [0.15, 0.2) is 0 Å². The minimum absolute atomic E-state index is 0.249. The summed E-state index contributed by atoms with van der Waals surface area (Å²) >= 11 is 0. The molecule has 0 bridgehead atoms. The van der Waals surface area contributed by atoms with E-state index in [1.54, 1.807) is 0 Å². The number of hydrogen-bond donors (Lipinski definition) is 1. The summed E-state index contributed by atoms with van der Waals surface area (Å²) in [6.07, 6.45) is 9.41. The summed E-state index contributed by atoms with van der Waals surface area (Å²) in [7, 11) is 0. The second-order valence-electron chi connectivity index (χ2n) is 6.43. The van der Waals surface area contributed by atoms with Gasteiger partial charge in [0.2, 0.25) is 0 Å². The molecule has 0 spiro atoms. The first kappa shape index (κ1) is 14.5. The van der Waals surface area contributed by atoms with Gasteiger partial charge in [0.05, 0.1) is 11.6 Å². The van der Waals surface area contributed by atoms with Crippen LogP contribution in [0.5, 0.6) is 0 Å². The third-order valence-corrected chi connectivity index (χ3v) is 4.73. The lowest BCUT2D eigenvalue weighted by Gasteiger charge is -2.22. The van der Waals surface area contributed by atoms with Crippen molar-refractivity contribution in [3.8, 4) is 0 Å². The Morgan fingerprint density at radius 3 is 2.71 bits per heavy atom. The highest BCUT2D eigenvalue weighted by molar-refractivity contribution is 5.78. The fraction of sp³-hybridized carbons (Fsp3) is 0.526. The summed E-state index contributed by atoms with van der Waals surface area (Å²) in [6, 6.07) is 12.3. The molecular weight excluding hydrogens is 258 g/mol. The average Bonchev–Trinajstić information content (AvgIpc) is 2.54. The van der Waals surface area contributed by atoms with Gasteiger partial charge in [0, 0.05) is 17.5 Å². The summed E-state index contributed by atoms with van der Waals surface area (Å²) in [4.78, 5) is 4.65. The summed E-state index contributed by atoms with van der Waals surface area (Å²) in [5.74, 6) is 0.845. The van der Waals surface area contributed by atoms with Gasteiger partial charge in [-0.25, -0.2) is 0 Å². The molecule has 2 aromatic rings. The predicted molar refractivity (Wildman–Crippen MR) is 87.3 cm³/mol. The van der Waals surface area contributed by atoms with Crippen LogP contribution in [0.15, 0.2) is 36.4 Å². The molecule has 1 atom stereocenters. The molecule has 0 aliphatic heterocycles. The number of nitrogens with zero attached hydrogens (tertiary/aromatic N) is 1. The number of para-hydroxylation sites is 1. The van der Waals surface area contributed by atoms with Crippen molar-refractivity contribution in [2.75, 3.05) is 0 Å². The molecule has 2 nitrogen and oxygen atoms in total. The van der Waals surface area contributed by atoms with E-state index in [-0.39, 0.29) is 6.10 Å². The van der Waals surface area contributed by atoms with Crippen LogP contribution in [0.3, 0.4) is 0 Å². The van der Waals surface area contributed by atoms with Crippen LogP contribution in [0, 0.1) is 5.92 Å². The van der Waals surface area contributed by atoms with Crippen molar-refractivity contribution in [3.05, 3.63) is 42.1 Å². The SMILES string of the molecule is OC(CCC1CCCCC1)Cc1ccc2ccccc2n1. The van der Waals surface area contributed by atoms with Crippen molar-refractivity contribution in [3.63, 3.8) is 0 Å². The second-order valence-corrected chi connectivity index (χ2v) is 6.43. The number of pyridine rings is 1. The van der Waals surface area contributed by atoms with Crippen LogP contribution in [-0.4, -0.2) is 16.2 Å². The first-order chi connectivity index (χ1) is 10.3. The summed E-state index contributed by atoms with van der Waals surface area (Å²) in [5, 5.41) is 11.4. The second kappa shape index (κ2) is 7.04. The van der Waals surface area contributed by atoms with Crippen LogP contribution in [0.25, 0.3) is 10.9 Å². The number of aliphatic hydroxyl groups excluding tert-OH is 1. The molecule has 0 saturated heterocycles. The van der Waals surface area contributed by atoms with Crippen LogP contribution < -0.4 is 0 Å². The van der Waals surface area contributed by atoms with Gasteiger partial charge in [0.25, 0.3) is 0 Å². The van der Waals surface area contributed by atoms with E-state index in [2.05, 4.69) is 17.1 Å². The van der Waals surface area contributed by atoms with Crippen LogP contribution in [0.4, 0.5) is 0 Å². The number of aromatic nitrogens is 1. The van der Waals surface area contributed by atoms with Crippen LogP contribution in [-0.2, 0) is 6.42 Å². The van der Waals surface area contributed by atoms with Gasteiger partial charge >= 0.3 is 0 Å². The molecule has 21 heavy (non-hydrogen) atoms. The van der Waals surface area contributed by atoms with E-state index in [0.717, 1.165) is 28.9 Å². The molecule has 1 unspecified atom stereocenters. The third-order valence-electron chi connectivity index (χ3n) is 4.73. The zero-order valence-electron chi connectivity index (χ0n) is 12.7. The monoisotopic (exact) mass is 283 g/mol. The summed E-state index contributed by atoms with van der Waals surface area (Å²) in [5.41, 5.74) is 2.03. The van der Waals surface area contributed by atoms with Gasteiger partial charge in [-0.1, -0.05) is 56.4 Å². The molecule has 0 radical (unpaired) electrons. The fourth-order valence-corrected chi connectivity index (χ4v) is 3.47. The number of rotatable bonds is 5. The fourth-order valence-electron chi connectivity index (χ4n) is 3.47. The van der Waals surface area contributed by atoms with Gasteiger partial charge in [-0.15, -0.1) is 0 Å². The minimum atomic E-state index is -0.249. The molecule has 0 amide bonds. The lowest BCUT2D eigenvalue weighted by molar-refractivity contribution is 0.148. The normalized spacial score (nSPS) is 18.0. The highest BCUT2D eigenvalue weighted by atomic mass is 16.3. The van der Waals surface area contributed by atoms with Crippen molar-refractivity contribution >= 4 is 10.9 Å². The molecule has 3 rings (SSSR count). The molecule has 1 saturated carbocycles. The predicted octanol–water partition coefficient (Wildman–Crippen LogP) is 4.50. The average molecular weight is 283 g/mol. The molecular formula is C19H25NO. The molecule has 1 fully saturated rings. The molecule has 1 heterocycles. The summed E-state index contributed by atoms with van der Waals surface area (Å²) < 4.78 is 0. The lowest BCUT2D eigenvalue weighted by atomic mass is 9.85. The molecule has 1 aromatic carbocycles. The van der Waals surface area contributed by atoms with Crippen molar-refractivity contribution < 1.29 is 5.11 Å². The number of fused-ring (bicyclic) bond motifs is 1. The van der Waals surface area contributed by atoms with Crippen LogP contribution in [0.1, 0.15) is 50.6 Å². The van der Waals surface area contributed by atoms with Gasteiger partial charge in [0.1, 0.15) is 0 Å². The Hall–Kier alpha value is -1.41. The Morgan fingerprint density at radius 2 is 1.86 bits per heavy atom. The van der Waals surface area contributed by atoms with Gasteiger partial charge in [-0.05, 0) is 30.9 Å². The van der Waals surface area contributed by atoms with Crippen LogP contribution in [0.2, 0.25) is 0 Å². The van der Waals surface area contributed by atoms with Gasteiger partial charge in [-0.2, -0.15) is 0 Å². The third kappa shape index (κ3) is 4.04. The number of aliphatic hydroxyl groups is 1. The standard InChI is InChI=1S/C19H25NO/c21-18(13-10-15-6-2-1-3-7-15)14-17-12-11-16-8-4-5-9-19(16)20-17/h4-5,8-9,11-12,15,18,21H,1-3,6-7,10,13-14H2. The Labute approximate surface area is 127 Å². The smallest absolute Gasteiger partial charge is 0.0705 e. The number of benzene rings is 1. The van der Waals surface area contributed by atoms with Gasteiger partial charge < -0.3 is 5.11 Å². The van der Waals surface area contributed by atoms with E-state index in [0.29, 0.717) is 6.42 Å². The molecule has 112 valence electrons. The maximum atomic E-state index is 10.3. The first-order valence-electron chi connectivity index (χ1n) is 8.34. The zero-order valence-corrected chi connectivity index (χ0v) is 12.7. The van der Waals surface area contributed by atoms with E-state index in [1.165, 1.54) is 38.5 Å². The quantitative estimate of drug-likeness (QED) is 0.876. The molecule has 1 aromatic heterocycles. The van der Waals surface area contributed by atoms with E-state index in [4.69, 9.17) is 0 Å². The van der Waals surface area contributed by atoms with E-state index in [9.17, 15) is 5.11 Å². The molecule has 1 N–H and O–H groups in total. The highest BCUT2D eigenvalue weighted by Crippen LogP contribution is 2.28. The van der Waals surface area contributed by atoms with Crippen molar-refractivity contribution in [1.82, 2.24) is 4.98 Å². The molecule has 1 aliphatic carbocycles. The van der Waals surface area contributed by atoms with Crippen molar-refractivity contribution in [2.24, 2.45) is 5.92 Å². The van der Waals surface area contributed by atoms with E-state index in [1.807, 2.05) is 24.3 Å². The van der Waals surface area contributed by atoms with E-state index >= 15 is 0 Å². The Kier molecular flexibility index (Phi) is 4.87. The Balaban J connectivity index is 1.54. The highest BCUT2D eigenvalue weighted by Gasteiger charge is 2.15. The van der Waals surface area contributed by atoms with E-state index < -0.39 is 0 Å². The zero-order chi connectivity index (χ0) is 14.5. The maximum Gasteiger partial charge on any atom is 0.0705 e. The lowest BCUT2D eigenvalue weighted by Crippen LogP contribution is -2.15. The van der Waals surface area contributed by atoms with Gasteiger partial charge in [-0.3, -0.25) is 4.98 Å². The first-order valence-corrected chi connectivity index (χ1v) is 8.34. The minimum Gasteiger partial charge on any atom is -0.393 e. The Morgan fingerprint density at radius 1 is 1.05 bits per heavy atom. The summed E-state index contributed by atoms with van der Waals surface area (Å²) in [6.45, 7) is 0. The molecule has 2 heteroatoms. The molecule has 1 aliphatic rings. The largest absolute Gasteiger partial charge is 0.393 e. The van der Waals surface area contributed by atoms with Crippen molar-refractivity contribution in [2.45, 2.75) is 57.5 Å². The van der Waals surface area contributed by atoms with Crippen LogP contribution >= 0.6 is 0 Å². The maximum absolute atomic E-state index is 10.3. The Bertz CT molecular complexity index is 575.